The Morgan fingerprint density at radius 3 is 2.24 bits per heavy atom. The van der Waals surface area contributed by atoms with E-state index >= 15 is 0 Å². The van der Waals surface area contributed by atoms with Crippen LogP contribution in [-0.2, 0) is 6.42 Å². The van der Waals surface area contributed by atoms with Crippen molar-refractivity contribution >= 4 is 17.8 Å². The summed E-state index contributed by atoms with van der Waals surface area (Å²) in [6, 6.07) is 19.3. The Morgan fingerprint density at radius 2 is 1.52 bits per heavy atom. The number of carbonyl (C=O) groups is 2. The number of carbonyl (C=O) groups excluding carboxylic acids is 2. The van der Waals surface area contributed by atoms with Crippen molar-refractivity contribution in [1.82, 2.24) is 0 Å². The zero-order valence-electron chi connectivity index (χ0n) is 16.1. The van der Waals surface area contributed by atoms with E-state index in [1.807, 2.05) is 18.2 Å². The first-order valence-electron chi connectivity index (χ1n) is 9.44. The van der Waals surface area contributed by atoms with E-state index in [0.29, 0.717) is 28.2 Å². The van der Waals surface area contributed by atoms with Crippen molar-refractivity contribution in [3.8, 4) is 11.5 Å². The topological polar surface area (TPSA) is 52.6 Å². The highest BCUT2D eigenvalue weighted by molar-refractivity contribution is 6.11. The normalized spacial score (nSPS) is 12.2. The molecule has 0 heterocycles. The Bertz CT molecular complexity index is 1080. The lowest BCUT2D eigenvalue weighted by Crippen LogP contribution is -2.09. The summed E-state index contributed by atoms with van der Waals surface area (Å²) < 4.78 is 10.5. The van der Waals surface area contributed by atoms with Crippen LogP contribution in [0.15, 0.2) is 72.8 Å². The lowest BCUT2D eigenvalue weighted by atomic mass is 9.96. The summed E-state index contributed by atoms with van der Waals surface area (Å²) in [6.45, 7) is 0. The van der Waals surface area contributed by atoms with E-state index in [1.165, 1.54) is 5.56 Å². The number of hydrogen-bond donors (Lipinski definition) is 0. The molecule has 0 fully saturated rings. The van der Waals surface area contributed by atoms with Gasteiger partial charge in [-0.1, -0.05) is 42.5 Å². The maximum Gasteiger partial charge on any atom is 0.343 e. The second kappa shape index (κ2) is 8.15. The quantitative estimate of drug-likeness (QED) is 0.349. The van der Waals surface area contributed by atoms with Gasteiger partial charge in [-0.2, -0.15) is 0 Å². The average molecular weight is 384 g/mol. The summed E-state index contributed by atoms with van der Waals surface area (Å²) in [7, 11) is 1.57. The molecule has 3 aromatic carbocycles. The highest BCUT2D eigenvalue weighted by Crippen LogP contribution is 2.23. The molecule has 3 aromatic rings. The number of ether oxygens (including phenoxy) is 2. The number of esters is 1. The molecule has 0 unspecified atom stereocenters. The number of hydrogen-bond acceptors (Lipinski definition) is 4. The fourth-order valence-electron chi connectivity index (χ4n) is 3.30. The number of rotatable bonds is 5. The van der Waals surface area contributed by atoms with Gasteiger partial charge in [0.25, 0.3) is 0 Å². The van der Waals surface area contributed by atoms with Crippen molar-refractivity contribution in [2.75, 3.05) is 7.11 Å². The van der Waals surface area contributed by atoms with Gasteiger partial charge in [0.15, 0.2) is 5.78 Å². The number of methoxy groups -OCH3 is 1. The molecular weight excluding hydrogens is 364 g/mol. The molecule has 4 nitrogen and oxygen atoms in total. The number of aryl methyl sites for hydroxylation is 1. The van der Waals surface area contributed by atoms with E-state index in [2.05, 4.69) is 12.1 Å². The van der Waals surface area contributed by atoms with Gasteiger partial charge in [-0.3, -0.25) is 4.79 Å². The fraction of sp³-hybridized carbons (Fsp3) is 0.120. The average Bonchev–Trinajstić information content (AvgIpc) is 2.95. The van der Waals surface area contributed by atoms with Crippen LogP contribution >= 0.6 is 0 Å². The van der Waals surface area contributed by atoms with Crippen LogP contribution in [0.1, 0.15) is 43.8 Å². The standard InChI is InChI=1S/C25H20O4/c1-28-21-11-13-22(14-12-21)29-25(27)19-9-7-18(8-10-19)24(26)23-15-6-17-4-2-3-5-20(23)16-17/h3,5-16H,2,4H2,1H3. The summed E-state index contributed by atoms with van der Waals surface area (Å²) in [5, 5.41) is 0. The van der Waals surface area contributed by atoms with E-state index in [1.54, 1.807) is 55.6 Å². The Labute approximate surface area is 169 Å². The minimum absolute atomic E-state index is 0.0619. The van der Waals surface area contributed by atoms with Crippen molar-refractivity contribution in [3.05, 3.63) is 101 Å². The molecule has 0 N–H and O–H groups in total. The maximum atomic E-state index is 12.9. The first-order chi connectivity index (χ1) is 14.1. The van der Waals surface area contributed by atoms with Crippen LogP contribution in [0.4, 0.5) is 0 Å². The summed E-state index contributed by atoms with van der Waals surface area (Å²) in [6.07, 6.45) is 6.07. The van der Waals surface area contributed by atoms with Crippen LogP contribution in [0.25, 0.3) is 6.08 Å². The Morgan fingerprint density at radius 1 is 0.828 bits per heavy atom. The summed E-state index contributed by atoms with van der Waals surface area (Å²) in [5.74, 6) is 0.574. The van der Waals surface area contributed by atoms with Crippen LogP contribution < -0.4 is 9.47 Å². The molecule has 0 saturated heterocycles. The van der Waals surface area contributed by atoms with Gasteiger partial charge in [0, 0.05) is 11.1 Å². The molecule has 4 rings (SSSR count). The van der Waals surface area contributed by atoms with Gasteiger partial charge in [0.05, 0.1) is 12.7 Å². The molecule has 0 amide bonds. The second-order valence-corrected chi connectivity index (χ2v) is 6.83. The molecule has 0 atom stereocenters. The molecule has 4 heteroatoms. The SMILES string of the molecule is COc1ccc(OC(=O)c2ccc(C(=O)c3ccc4cc3C=CCC4)cc2)cc1. The predicted octanol–water partition coefficient (Wildman–Crippen LogP) is 5.10. The van der Waals surface area contributed by atoms with Gasteiger partial charge in [0.1, 0.15) is 11.5 Å². The van der Waals surface area contributed by atoms with E-state index in [-0.39, 0.29) is 5.78 Å². The van der Waals surface area contributed by atoms with Crippen molar-refractivity contribution in [2.24, 2.45) is 0 Å². The summed E-state index contributed by atoms with van der Waals surface area (Å²) in [4.78, 5) is 25.3. The zero-order chi connectivity index (χ0) is 20.2. The van der Waals surface area contributed by atoms with E-state index in [0.717, 1.165) is 18.4 Å². The molecule has 144 valence electrons. The van der Waals surface area contributed by atoms with E-state index in [9.17, 15) is 9.59 Å². The molecule has 0 spiro atoms. The highest BCUT2D eigenvalue weighted by atomic mass is 16.5. The monoisotopic (exact) mass is 384 g/mol. The first-order valence-corrected chi connectivity index (χ1v) is 9.44. The molecule has 0 aliphatic heterocycles. The predicted molar refractivity (Wildman–Crippen MR) is 112 cm³/mol. The van der Waals surface area contributed by atoms with Crippen molar-refractivity contribution < 1.29 is 19.1 Å². The zero-order valence-corrected chi connectivity index (χ0v) is 16.1. The maximum absolute atomic E-state index is 12.9. The Hall–Kier alpha value is -3.66. The third kappa shape index (κ3) is 4.11. The van der Waals surface area contributed by atoms with Gasteiger partial charge in [-0.25, -0.2) is 4.79 Å². The smallest absolute Gasteiger partial charge is 0.343 e. The number of ketones is 1. The largest absolute Gasteiger partial charge is 0.497 e. The molecular formula is C25H20O4. The van der Waals surface area contributed by atoms with E-state index in [4.69, 9.17) is 9.47 Å². The van der Waals surface area contributed by atoms with Gasteiger partial charge in [0.2, 0.25) is 0 Å². The minimum atomic E-state index is -0.479. The Kier molecular flexibility index (Phi) is 5.25. The lowest BCUT2D eigenvalue weighted by Gasteiger charge is -2.08. The van der Waals surface area contributed by atoms with E-state index < -0.39 is 5.97 Å². The molecule has 0 saturated carbocycles. The van der Waals surface area contributed by atoms with Crippen LogP contribution in [0.2, 0.25) is 0 Å². The molecule has 0 radical (unpaired) electrons. The molecule has 1 aliphatic carbocycles. The highest BCUT2D eigenvalue weighted by Gasteiger charge is 2.16. The summed E-state index contributed by atoms with van der Waals surface area (Å²) in [5.41, 5.74) is 3.75. The lowest BCUT2D eigenvalue weighted by molar-refractivity contribution is 0.0734. The number of fused-ring (bicyclic) bond motifs is 2. The van der Waals surface area contributed by atoms with Crippen LogP contribution in [0.5, 0.6) is 11.5 Å². The molecule has 2 bridgehead atoms. The third-order valence-corrected chi connectivity index (χ3v) is 4.91. The Balaban J connectivity index is 1.50. The third-order valence-electron chi connectivity index (χ3n) is 4.91. The van der Waals surface area contributed by atoms with Gasteiger partial charge in [-0.05, 0) is 60.4 Å². The van der Waals surface area contributed by atoms with Crippen LogP contribution in [0, 0.1) is 0 Å². The van der Waals surface area contributed by atoms with Crippen molar-refractivity contribution in [2.45, 2.75) is 12.8 Å². The van der Waals surface area contributed by atoms with Crippen LogP contribution in [0.3, 0.4) is 0 Å². The number of benzene rings is 3. The van der Waals surface area contributed by atoms with Gasteiger partial charge < -0.3 is 9.47 Å². The molecule has 0 aromatic heterocycles. The number of allylic oxidation sites excluding steroid dienone is 1. The summed E-state index contributed by atoms with van der Waals surface area (Å²) >= 11 is 0. The van der Waals surface area contributed by atoms with Crippen molar-refractivity contribution in [1.29, 1.82) is 0 Å². The van der Waals surface area contributed by atoms with Gasteiger partial charge in [-0.15, -0.1) is 0 Å². The second-order valence-electron chi connectivity index (χ2n) is 6.83. The van der Waals surface area contributed by atoms with Crippen LogP contribution in [-0.4, -0.2) is 18.9 Å². The van der Waals surface area contributed by atoms with Gasteiger partial charge >= 0.3 is 5.97 Å². The first kappa shape index (κ1) is 18.7. The molecule has 29 heavy (non-hydrogen) atoms. The molecule has 1 aliphatic rings. The minimum Gasteiger partial charge on any atom is -0.497 e. The fourth-order valence-corrected chi connectivity index (χ4v) is 3.30. The van der Waals surface area contributed by atoms with Crippen molar-refractivity contribution in [3.63, 3.8) is 0 Å².